The van der Waals surface area contributed by atoms with E-state index < -0.39 is 11.7 Å². The van der Waals surface area contributed by atoms with Gasteiger partial charge in [-0.2, -0.15) is 0 Å². The Hall–Kier alpha value is -1.79. The number of nitrogens with zero attached hydrogens (tertiary/aromatic N) is 2. The monoisotopic (exact) mass is 411 g/mol. The van der Waals surface area contributed by atoms with Gasteiger partial charge in [-0.3, -0.25) is 4.79 Å². The molecule has 2 aromatic carbocycles. The number of benzene rings is 2. The maximum Gasteiger partial charge on any atom is 0.253 e. The fraction of sp³-hybridized carbons (Fsp3) is 0.235. The smallest absolute Gasteiger partial charge is 0.253 e. The molecule has 1 aliphatic heterocycles. The van der Waals surface area contributed by atoms with Crippen molar-refractivity contribution in [1.29, 1.82) is 0 Å². The highest BCUT2D eigenvalue weighted by Crippen LogP contribution is 2.29. The Morgan fingerprint density at radius 1 is 1.12 bits per heavy atom. The van der Waals surface area contributed by atoms with Crippen molar-refractivity contribution < 1.29 is 9.18 Å². The highest BCUT2D eigenvalue weighted by atomic mass is 79.9. The van der Waals surface area contributed by atoms with E-state index in [9.17, 15) is 9.18 Å². The topological polar surface area (TPSA) is 49.6 Å². The fourth-order valence-electron chi connectivity index (χ4n) is 2.93. The maximum absolute atomic E-state index is 14.1. The van der Waals surface area contributed by atoms with Crippen LogP contribution in [0.25, 0.3) is 0 Å². The van der Waals surface area contributed by atoms with Crippen LogP contribution in [-0.2, 0) is 0 Å². The number of hydrogen-bond donors (Lipinski definition) is 1. The molecule has 3 rings (SSSR count). The molecule has 0 aliphatic carbocycles. The molecule has 1 heterocycles. The second-order valence-electron chi connectivity index (χ2n) is 5.60. The molecule has 1 fully saturated rings. The molecule has 0 spiro atoms. The number of primary amides is 1. The van der Waals surface area contributed by atoms with E-state index >= 15 is 0 Å². The number of anilines is 2. The van der Waals surface area contributed by atoms with Crippen LogP contribution in [0.3, 0.4) is 0 Å². The van der Waals surface area contributed by atoms with Crippen LogP contribution in [0, 0.1) is 5.82 Å². The zero-order valence-electron chi connectivity index (χ0n) is 12.8. The van der Waals surface area contributed by atoms with Crippen LogP contribution in [-0.4, -0.2) is 32.1 Å². The predicted octanol–water partition coefficient (Wildman–Crippen LogP) is 3.67. The van der Waals surface area contributed by atoms with Gasteiger partial charge in [-0.05, 0) is 30.3 Å². The summed E-state index contributed by atoms with van der Waals surface area (Å²) >= 11 is 9.32. The molecular weight excluding hydrogens is 397 g/mol. The summed E-state index contributed by atoms with van der Waals surface area (Å²) in [6, 6.07) is 10.7. The summed E-state index contributed by atoms with van der Waals surface area (Å²) in [5.41, 5.74) is 6.88. The van der Waals surface area contributed by atoms with E-state index in [4.69, 9.17) is 17.3 Å². The number of rotatable bonds is 3. The lowest BCUT2D eigenvalue weighted by molar-refractivity contribution is 0.0997. The largest absolute Gasteiger partial charge is 0.368 e. The van der Waals surface area contributed by atoms with Crippen molar-refractivity contribution in [3.63, 3.8) is 0 Å². The van der Waals surface area contributed by atoms with Crippen LogP contribution in [0.4, 0.5) is 15.8 Å². The van der Waals surface area contributed by atoms with E-state index in [1.807, 2.05) is 29.2 Å². The van der Waals surface area contributed by atoms with Crippen molar-refractivity contribution in [3.05, 3.63) is 57.3 Å². The molecule has 126 valence electrons. The Morgan fingerprint density at radius 2 is 1.79 bits per heavy atom. The van der Waals surface area contributed by atoms with Crippen LogP contribution in [0.1, 0.15) is 10.4 Å². The van der Waals surface area contributed by atoms with Gasteiger partial charge in [0, 0.05) is 41.4 Å². The first-order chi connectivity index (χ1) is 11.5. The van der Waals surface area contributed by atoms with E-state index in [1.165, 1.54) is 6.07 Å². The number of nitrogens with two attached hydrogens (primary N) is 1. The SMILES string of the molecule is NC(=O)c1c(F)cc(Br)cc1N1CCN(c2cccc(Cl)c2)CC1. The van der Waals surface area contributed by atoms with Gasteiger partial charge in [0.15, 0.2) is 0 Å². The zero-order chi connectivity index (χ0) is 17.3. The highest BCUT2D eigenvalue weighted by Gasteiger charge is 2.24. The fourth-order valence-corrected chi connectivity index (χ4v) is 3.53. The Balaban J connectivity index is 1.81. The molecule has 0 radical (unpaired) electrons. The van der Waals surface area contributed by atoms with Crippen LogP contribution in [0.2, 0.25) is 5.02 Å². The Morgan fingerprint density at radius 3 is 2.42 bits per heavy atom. The second-order valence-corrected chi connectivity index (χ2v) is 6.95. The van der Waals surface area contributed by atoms with Crippen molar-refractivity contribution >= 4 is 44.8 Å². The minimum atomic E-state index is -0.757. The lowest BCUT2D eigenvalue weighted by atomic mass is 10.1. The van der Waals surface area contributed by atoms with Crippen LogP contribution in [0.5, 0.6) is 0 Å². The van der Waals surface area contributed by atoms with Gasteiger partial charge in [0.25, 0.3) is 5.91 Å². The number of carbonyl (C=O) groups is 1. The first-order valence-corrected chi connectivity index (χ1v) is 8.67. The van der Waals surface area contributed by atoms with Gasteiger partial charge in [-0.15, -0.1) is 0 Å². The van der Waals surface area contributed by atoms with Gasteiger partial charge in [-0.25, -0.2) is 4.39 Å². The molecule has 7 heteroatoms. The molecule has 0 saturated carbocycles. The summed E-state index contributed by atoms with van der Waals surface area (Å²) < 4.78 is 14.7. The molecule has 0 bridgehead atoms. The first-order valence-electron chi connectivity index (χ1n) is 7.50. The maximum atomic E-state index is 14.1. The van der Waals surface area contributed by atoms with Crippen LogP contribution < -0.4 is 15.5 Å². The first kappa shape index (κ1) is 17.0. The summed E-state index contributed by atoms with van der Waals surface area (Å²) in [6.07, 6.45) is 0. The van der Waals surface area contributed by atoms with E-state index in [-0.39, 0.29) is 5.56 Å². The van der Waals surface area contributed by atoms with Gasteiger partial charge in [-0.1, -0.05) is 33.6 Å². The average Bonchev–Trinajstić information content (AvgIpc) is 2.54. The summed E-state index contributed by atoms with van der Waals surface area (Å²) in [5, 5.41) is 0.694. The van der Waals surface area contributed by atoms with E-state index in [0.29, 0.717) is 28.3 Å². The summed E-state index contributed by atoms with van der Waals surface area (Å²) in [5.74, 6) is -1.36. The second kappa shape index (κ2) is 6.99. The number of halogens is 3. The Kier molecular flexibility index (Phi) is 4.96. The van der Waals surface area contributed by atoms with Crippen molar-refractivity contribution in [1.82, 2.24) is 0 Å². The molecule has 0 aromatic heterocycles. The Labute approximate surface area is 153 Å². The molecule has 1 saturated heterocycles. The molecule has 1 amide bonds. The lowest BCUT2D eigenvalue weighted by Crippen LogP contribution is -2.47. The van der Waals surface area contributed by atoms with Gasteiger partial charge in [0.1, 0.15) is 5.82 Å². The quantitative estimate of drug-likeness (QED) is 0.837. The minimum absolute atomic E-state index is 0.0607. The van der Waals surface area contributed by atoms with Gasteiger partial charge in [0.2, 0.25) is 0 Å². The standard InChI is InChI=1S/C17H16BrClFN3O/c18-11-8-14(20)16(17(21)24)15(9-11)23-6-4-22(5-7-23)13-3-1-2-12(19)10-13/h1-3,8-10H,4-7H2,(H2,21,24). The predicted molar refractivity (Wildman–Crippen MR) is 98.5 cm³/mol. The summed E-state index contributed by atoms with van der Waals surface area (Å²) in [6.45, 7) is 2.80. The number of hydrogen-bond acceptors (Lipinski definition) is 3. The number of carbonyl (C=O) groups excluding carboxylic acids is 1. The number of piperazine rings is 1. The molecule has 1 aliphatic rings. The van der Waals surface area contributed by atoms with Crippen LogP contribution in [0.15, 0.2) is 40.9 Å². The van der Waals surface area contributed by atoms with E-state index in [2.05, 4.69) is 20.8 Å². The lowest BCUT2D eigenvalue weighted by Gasteiger charge is -2.38. The van der Waals surface area contributed by atoms with Crippen molar-refractivity contribution in [2.45, 2.75) is 0 Å². The molecule has 4 nitrogen and oxygen atoms in total. The molecule has 0 atom stereocenters. The van der Waals surface area contributed by atoms with Crippen molar-refractivity contribution in [3.8, 4) is 0 Å². The van der Waals surface area contributed by atoms with Gasteiger partial charge >= 0.3 is 0 Å². The molecule has 2 aromatic rings. The van der Waals surface area contributed by atoms with Gasteiger partial charge in [0.05, 0.1) is 11.3 Å². The third-order valence-electron chi connectivity index (χ3n) is 4.07. The van der Waals surface area contributed by atoms with Gasteiger partial charge < -0.3 is 15.5 Å². The number of amides is 1. The third-order valence-corrected chi connectivity index (χ3v) is 4.77. The molecule has 2 N–H and O–H groups in total. The summed E-state index contributed by atoms with van der Waals surface area (Å²) in [4.78, 5) is 15.8. The molecular formula is C17H16BrClFN3O. The molecule has 0 unspecified atom stereocenters. The average molecular weight is 413 g/mol. The van der Waals surface area contributed by atoms with Crippen molar-refractivity contribution in [2.75, 3.05) is 36.0 Å². The van der Waals surface area contributed by atoms with E-state index in [1.54, 1.807) is 6.07 Å². The van der Waals surface area contributed by atoms with Crippen LogP contribution >= 0.6 is 27.5 Å². The minimum Gasteiger partial charge on any atom is -0.368 e. The third kappa shape index (κ3) is 3.49. The Bertz CT molecular complexity index is 778. The van der Waals surface area contributed by atoms with Crippen molar-refractivity contribution in [2.24, 2.45) is 5.73 Å². The zero-order valence-corrected chi connectivity index (χ0v) is 15.1. The van der Waals surface area contributed by atoms with E-state index in [0.717, 1.165) is 18.8 Å². The normalized spacial score (nSPS) is 14.8. The highest BCUT2D eigenvalue weighted by molar-refractivity contribution is 9.10. The summed E-state index contributed by atoms with van der Waals surface area (Å²) in [7, 11) is 0. The molecule has 24 heavy (non-hydrogen) atoms.